The summed E-state index contributed by atoms with van der Waals surface area (Å²) in [6.45, 7) is 0.372. The molecule has 0 spiro atoms. The summed E-state index contributed by atoms with van der Waals surface area (Å²) in [5.74, 6) is -1.05. The van der Waals surface area contributed by atoms with Gasteiger partial charge in [-0.1, -0.05) is 46.9 Å². The Bertz CT molecular complexity index is 904. The minimum Gasteiger partial charge on any atom is -0.480 e. The van der Waals surface area contributed by atoms with Gasteiger partial charge in [-0.05, 0) is 48.2 Å². The van der Waals surface area contributed by atoms with E-state index >= 15 is 0 Å². The van der Waals surface area contributed by atoms with E-state index in [1.807, 2.05) is 0 Å². The van der Waals surface area contributed by atoms with Crippen LogP contribution in [0.25, 0.3) is 0 Å². The molecule has 1 fully saturated rings. The van der Waals surface area contributed by atoms with Crippen molar-refractivity contribution in [2.75, 3.05) is 6.54 Å². The van der Waals surface area contributed by atoms with E-state index in [-0.39, 0.29) is 20.6 Å². The van der Waals surface area contributed by atoms with E-state index in [9.17, 15) is 23.1 Å². The average Bonchev–Trinajstić information content (AvgIpc) is 3.09. The van der Waals surface area contributed by atoms with E-state index in [2.05, 4.69) is 0 Å². The van der Waals surface area contributed by atoms with Crippen molar-refractivity contribution in [1.29, 1.82) is 0 Å². The molecule has 3 rings (SSSR count). The molecule has 0 aromatic heterocycles. The number of nitrogens with zero attached hydrogens (tertiary/aromatic N) is 1. The fraction of sp³-hybridized carbons (Fsp3) is 0.316. The molecular formula is C19H15Cl3F3NO2. The van der Waals surface area contributed by atoms with Gasteiger partial charge in [-0.15, -0.1) is 0 Å². The van der Waals surface area contributed by atoms with E-state index < -0.39 is 29.8 Å². The van der Waals surface area contributed by atoms with Gasteiger partial charge < -0.3 is 5.11 Å². The SMILES string of the molecule is O=C(O)C1CCCN1C(c1cc(C(F)(F)F)ccc1Cl)c1cccc(Cl)c1Cl. The van der Waals surface area contributed by atoms with Crippen molar-refractivity contribution in [3.05, 3.63) is 68.2 Å². The maximum absolute atomic E-state index is 13.3. The van der Waals surface area contributed by atoms with Crippen LogP contribution in [0.5, 0.6) is 0 Å². The fourth-order valence-corrected chi connectivity index (χ4v) is 4.18. The predicted octanol–water partition coefficient (Wildman–Crippen LogP) is 6.30. The molecule has 2 unspecified atom stereocenters. The summed E-state index contributed by atoms with van der Waals surface area (Å²) in [6, 6.07) is 6.03. The molecule has 0 radical (unpaired) electrons. The number of halogens is 6. The highest BCUT2D eigenvalue weighted by Gasteiger charge is 2.40. The van der Waals surface area contributed by atoms with Gasteiger partial charge in [0.2, 0.25) is 0 Å². The largest absolute Gasteiger partial charge is 0.480 e. The molecule has 28 heavy (non-hydrogen) atoms. The van der Waals surface area contributed by atoms with Gasteiger partial charge in [0.05, 0.1) is 21.7 Å². The first-order valence-electron chi connectivity index (χ1n) is 8.40. The monoisotopic (exact) mass is 451 g/mol. The Morgan fingerprint density at radius 2 is 1.82 bits per heavy atom. The lowest BCUT2D eigenvalue weighted by molar-refractivity contribution is -0.143. The lowest BCUT2D eigenvalue weighted by Gasteiger charge is -2.33. The second-order valence-electron chi connectivity index (χ2n) is 6.51. The van der Waals surface area contributed by atoms with Crippen LogP contribution in [0.2, 0.25) is 15.1 Å². The number of benzene rings is 2. The molecule has 0 bridgehead atoms. The molecule has 150 valence electrons. The third-order valence-electron chi connectivity index (χ3n) is 4.80. The Labute approximate surface area is 174 Å². The molecule has 1 N–H and O–H groups in total. The van der Waals surface area contributed by atoms with Crippen LogP contribution in [0.1, 0.15) is 35.6 Å². The quantitative estimate of drug-likeness (QED) is 0.591. The maximum Gasteiger partial charge on any atom is 0.416 e. The van der Waals surface area contributed by atoms with Gasteiger partial charge in [-0.2, -0.15) is 13.2 Å². The van der Waals surface area contributed by atoms with Crippen molar-refractivity contribution in [2.24, 2.45) is 0 Å². The molecule has 1 aliphatic heterocycles. The van der Waals surface area contributed by atoms with Crippen molar-refractivity contribution in [3.8, 4) is 0 Å². The van der Waals surface area contributed by atoms with Gasteiger partial charge in [-0.3, -0.25) is 9.69 Å². The van der Waals surface area contributed by atoms with Gasteiger partial charge in [0.15, 0.2) is 0 Å². The normalized spacial score (nSPS) is 19.0. The highest BCUT2D eigenvalue weighted by molar-refractivity contribution is 6.42. The van der Waals surface area contributed by atoms with E-state index in [0.717, 1.165) is 18.2 Å². The van der Waals surface area contributed by atoms with Crippen molar-refractivity contribution in [1.82, 2.24) is 4.90 Å². The Morgan fingerprint density at radius 3 is 2.46 bits per heavy atom. The van der Waals surface area contributed by atoms with Gasteiger partial charge in [0, 0.05) is 11.6 Å². The minimum atomic E-state index is -4.57. The lowest BCUT2D eigenvalue weighted by Crippen LogP contribution is -2.39. The number of hydrogen-bond donors (Lipinski definition) is 1. The van der Waals surface area contributed by atoms with E-state index in [1.54, 1.807) is 23.1 Å². The van der Waals surface area contributed by atoms with Crippen molar-refractivity contribution in [3.63, 3.8) is 0 Å². The summed E-state index contributed by atoms with van der Waals surface area (Å²) in [7, 11) is 0. The van der Waals surface area contributed by atoms with Gasteiger partial charge in [-0.25, -0.2) is 0 Å². The number of hydrogen-bond acceptors (Lipinski definition) is 2. The molecular weight excluding hydrogens is 438 g/mol. The molecule has 1 saturated heterocycles. The van der Waals surface area contributed by atoms with Crippen LogP contribution >= 0.6 is 34.8 Å². The molecule has 1 aliphatic rings. The standard InChI is InChI=1S/C19H15Cl3F3NO2/c20-13-7-6-10(19(23,24)25)9-12(13)17(11-3-1-4-14(21)16(11)22)26-8-2-5-15(26)18(27)28/h1,3-4,6-7,9,15,17H,2,5,8H2,(H,27,28). The summed E-state index contributed by atoms with van der Waals surface area (Å²) in [6.07, 6.45) is -3.61. The first-order chi connectivity index (χ1) is 13.1. The molecule has 1 heterocycles. The van der Waals surface area contributed by atoms with Crippen LogP contribution in [-0.4, -0.2) is 28.6 Å². The number of alkyl halides is 3. The summed E-state index contributed by atoms with van der Waals surface area (Å²) < 4.78 is 39.9. The van der Waals surface area contributed by atoms with Gasteiger partial charge in [0.1, 0.15) is 6.04 Å². The minimum absolute atomic E-state index is 0.0880. The van der Waals surface area contributed by atoms with Crippen LogP contribution in [0.4, 0.5) is 13.2 Å². The summed E-state index contributed by atoms with van der Waals surface area (Å²) in [4.78, 5) is 13.3. The zero-order valence-corrected chi connectivity index (χ0v) is 16.6. The number of carboxylic acids is 1. The average molecular weight is 453 g/mol. The molecule has 2 aromatic carbocycles. The smallest absolute Gasteiger partial charge is 0.416 e. The number of rotatable bonds is 4. The molecule has 2 aromatic rings. The van der Waals surface area contributed by atoms with Crippen LogP contribution in [-0.2, 0) is 11.0 Å². The summed E-state index contributed by atoms with van der Waals surface area (Å²) >= 11 is 18.7. The van der Waals surface area contributed by atoms with E-state index in [1.165, 1.54) is 0 Å². The van der Waals surface area contributed by atoms with Crippen molar-refractivity contribution in [2.45, 2.75) is 31.1 Å². The van der Waals surface area contributed by atoms with E-state index in [0.29, 0.717) is 24.9 Å². The fourth-order valence-electron chi connectivity index (χ4n) is 3.55. The van der Waals surface area contributed by atoms with Gasteiger partial charge >= 0.3 is 12.1 Å². The van der Waals surface area contributed by atoms with Gasteiger partial charge in [0.25, 0.3) is 0 Å². The molecule has 0 saturated carbocycles. The van der Waals surface area contributed by atoms with Crippen LogP contribution in [0.15, 0.2) is 36.4 Å². The topological polar surface area (TPSA) is 40.5 Å². The third kappa shape index (κ3) is 4.10. The second kappa shape index (κ2) is 8.11. The third-order valence-corrected chi connectivity index (χ3v) is 5.98. The number of carboxylic acid groups (broad SMARTS) is 1. The molecule has 0 amide bonds. The number of aliphatic carboxylic acids is 1. The Hall–Kier alpha value is -1.47. The van der Waals surface area contributed by atoms with Crippen LogP contribution < -0.4 is 0 Å². The number of likely N-dealkylation sites (tertiary alicyclic amines) is 1. The summed E-state index contributed by atoms with van der Waals surface area (Å²) in [5, 5.41) is 10.0. The zero-order chi connectivity index (χ0) is 20.6. The molecule has 9 heteroatoms. The van der Waals surface area contributed by atoms with Crippen molar-refractivity contribution < 1.29 is 23.1 Å². The van der Waals surface area contributed by atoms with Crippen LogP contribution in [0, 0.1) is 0 Å². The molecule has 2 atom stereocenters. The second-order valence-corrected chi connectivity index (χ2v) is 7.71. The van der Waals surface area contributed by atoms with Crippen molar-refractivity contribution >= 4 is 40.8 Å². The Kier molecular flexibility index (Phi) is 6.15. The Morgan fingerprint density at radius 1 is 1.11 bits per heavy atom. The highest BCUT2D eigenvalue weighted by Crippen LogP contribution is 2.43. The number of carbonyl (C=O) groups is 1. The van der Waals surface area contributed by atoms with E-state index in [4.69, 9.17) is 34.8 Å². The van der Waals surface area contributed by atoms with Crippen LogP contribution in [0.3, 0.4) is 0 Å². The first kappa shape index (κ1) is 21.2. The first-order valence-corrected chi connectivity index (χ1v) is 9.53. The molecule has 0 aliphatic carbocycles. The Balaban J connectivity index is 2.23. The summed E-state index contributed by atoms with van der Waals surface area (Å²) in [5.41, 5.74) is -0.335. The zero-order valence-electron chi connectivity index (χ0n) is 14.3. The lowest BCUT2D eigenvalue weighted by atomic mass is 9.94. The highest BCUT2D eigenvalue weighted by atomic mass is 35.5. The molecule has 3 nitrogen and oxygen atoms in total. The maximum atomic E-state index is 13.3. The predicted molar refractivity (Wildman–Crippen MR) is 102 cm³/mol.